The quantitative estimate of drug-likeness (QED) is 0.620. The highest BCUT2D eigenvalue weighted by atomic mass is 35.5. The number of rotatable bonds is 1. The van der Waals surface area contributed by atoms with E-state index in [1.54, 1.807) is 0 Å². The van der Waals surface area contributed by atoms with Gasteiger partial charge in [0.05, 0.1) is 10.0 Å². The Labute approximate surface area is 83.0 Å². The number of benzene rings is 1. The van der Waals surface area contributed by atoms with E-state index >= 15 is 0 Å². The Morgan fingerprint density at radius 2 is 1.67 bits per heavy atom. The van der Waals surface area contributed by atoms with Gasteiger partial charge in [0.1, 0.15) is 0 Å². The van der Waals surface area contributed by atoms with E-state index in [0.29, 0.717) is 0 Å². The second-order valence-corrected chi connectivity index (χ2v) is 3.31. The molecule has 0 aromatic heterocycles. The highest BCUT2D eigenvalue weighted by Crippen LogP contribution is 2.35. The average molecular weight is 231 g/mol. The fourth-order valence-electron chi connectivity index (χ4n) is 0.735. The summed E-state index contributed by atoms with van der Waals surface area (Å²) in [6.45, 7) is 0. The Balaban J connectivity index is 3.28. The van der Waals surface area contributed by atoms with Gasteiger partial charge in [0.25, 0.3) is 6.43 Å². The fourth-order valence-corrected chi connectivity index (χ4v) is 1.44. The topological polar surface area (TPSA) is 0 Å². The molecule has 0 saturated carbocycles. The van der Waals surface area contributed by atoms with Gasteiger partial charge in [-0.1, -0.05) is 34.8 Å². The minimum atomic E-state index is -2.66. The van der Waals surface area contributed by atoms with E-state index in [0.717, 1.165) is 6.07 Å². The van der Waals surface area contributed by atoms with Gasteiger partial charge in [-0.25, -0.2) is 8.78 Å². The minimum Gasteiger partial charge on any atom is -0.205 e. The zero-order chi connectivity index (χ0) is 9.30. The maximum Gasteiger partial charge on any atom is 0.265 e. The van der Waals surface area contributed by atoms with Gasteiger partial charge >= 0.3 is 0 Å². The van der Waals surface area contributed by atoms with Crippen LogP contribution < -0.4 is 0 Å². The maximum atomic E-state index is 12.2. The summed E-state index contributed by atoms with van der Waals surface area (Å²) in [4.78, 5) is 0. The molecule has 0 heterocycles. The predicted molar refractivity (Wildman–Crippen MR) is 46.4 cm³/mol. The molecular weight excluding hydrogens is 228 g/mol. The molecule has 0 aliphatic heterocycles. The smallest absolute Gasteiger partial charge is 0.205 e. The molecule has 0 N–H and O–H groups in total. The first-order valence-corrected chi connectivity index (χ1v) is 4.08. The second-order valence-electron chi connectivity index (χ2n) is 2.09. The van der Waals surface area contributed by atoms with Crippen molar-refractivity contribution < 1.29 is 8.78 Å². The van der Waals surface area contributed by atoms with Crippen LogP contribution in [0, 0.1) is 0 Å². The first-order chi connectivity index (χ1) is 5.52. The van der Waals surface area contributed by atoms with E-state index in [-0.39, 0.29) is 20.6 Å². The first-order valence-electron chi connectivity index (χ1n) is 2.95. The molecule has 0 aliphatic carbocycles. The summed E-state index contributed by atoms with van der Waals surface area (Å²) in [6.07, 6.45) is -2.66. The summed E-state index contributed by atoms with van der Waals surface area (Å²) in [6, 6.07) is 2.41. The zero-order valence-corrected chi connectivity index (χ0v) is 7.89. The van der Waals surface area contributed by atoms with Crippen LogP contribution in [0.2, 0.25) is 15.1 Å². The molecule has 0 saturated heterocycles. The predicted octanol–water partition coefficient (Wildman–Crippen LogP) is 4.58. The molecule has 0 bridgehead atoms. The van der Waals surface area contributed by atoms with Crippen LogP contribution >= 0.6 is 34.8 Å². The third-order valence-corrected chi connectivity index (χ3v) is 2.29. The third kappa shape index (κ3) is 2.00. The van der Waals surface area contributed by atoms with Crippen molar-refractivity contribution >= 4 is 34.8 Å². The van der Waals surface area contributed by atoms with Gasteiger partial charge in [-0.15, -0.1) is 0 Å². The summed E-state index contributed by atoms with van der Waals surface area (Å²) in [5.74, 6) is 0. The van der Waals surface area contributed by atoms with Crippen LogP contribution in [0.1, 0.15) is 12.0 Å². The number of hydrogen-bond donors (Lipinski definition) is 0. The Bertz CT molecular complexity index is 299. The average Bonchev–Trinajstić information content (AvgIpc) is 1.96. The molecule has 66 valence electrons. The summed E-state index contributed by atoms with van der Waals surface area (Å²) in [7, 11) is 0. The van der Waals surface area contributed by atoms with Gasteiger partial charge in [-0.3, -0.25) is 0 Å². The molecule has 5 heteroatoms. The molecule has 1 rings (SSSR count). The summed E-state index contributed by atoms with van der Waals surface area (Å²) < 4.78 is 24.4. The van der Waals surface area contributed by atoms with Crippen molar-refractivity contribution in [2.45, 2.75) is 6.43 Å². The van der Waals surface area contributed by atoms with Crippen molar-refractivity contribution in [2.24, 2.45) is 0 Å². The summed E-state index contributed by atoms with van der Waals surface area (Å²) >= 11 is 16.5. The van der Waals surface area contributed by atoms with Crippen molar-refractivity contribution in [3.05, 3.63) is 32.8 Å². The molecule has 0 unspecified atom stereocenters. The monoisotopic (exact) mass is 230 g/mol. The van der Waals surface area contributed by atoms with Crippen molar-refractivity contribution in [2.75, 3.05) is 0 Å². The lowest BCUT2D eigenvalue weighted by molar-refractivity contribution is 0.151. The SMILES string of the molecule is FC(F)c1cc(Cl)cc(Cl)c1Cl. The molecule has 0 nitrogen and oxygen atoms in total. The lowest BCUT2D eigenvalue weighted by atomic mass is 10.2. The van der Waals surface area contributed by atoms with Gasteiger partial charge in [0.15, 0.2) is 0 Å². The van der Waals surface area contributed by atoms with E-state index in [1.807, 2.05) is 0 Å². The molecule has 0 aliphatic rings. The minimum absolute atomic E-state index is 0.0412. The highest BCUT2D eigenvalue weighted by molar-refractivity contribution is 6.43. The van der Waals surface area contributed by atoms with Crippen LogP contribution in [-0.4, -0.2) is 0 Å². The van der Waals surface area contributed by atoms with E-state index in [9.17, 15) is 8.78 Å². The van der Waals surface area contributed by atoms with Crippen LogP contribution in [0.25, 0.3) is 0 Å². The molecule has 1 aromatic carbocycles. The standard InChI is InChI=1S/C7H3Cl3F2/c8-3-1-4(7(11)12)6(10)5(9)2-3/h1-2,7H. The van der Waals surface area contributed by atoms with Crippen molar-refractivity contribution in [3.8, 4) is 0 Å². The van der Waals surface area contributed by atoms with Crippen LogP contribution in [0.15, 0.2) is 12.1 Å². The Hall–Kier alpha value is -0.0500. The van der Waals surface area contributed by atoms with Crippen molar-refractivity contribution in [3.63, 3.8) is 0 Å². The van der Waals surface area contributed by atoms with Gasteiger partial charge in [0, 0.05) is 10.6 Å². The van der Waals surface area contributed by atoms with Gasteiger partial charge in [0.2, 0.25) is 0 Å². The molecular formula is C7H3Cl3F2. The van der Waals surface area contributed by atoms with Gasteiger partial charge in [-0.05, 0) is 12.1 Å². The van der Waals surface area contributed by atoms with Gasteiger partial charge < -0.3 is 0 Å². The number of hydrogen-bond acceptors (Lipinski definition) is 0. The van der Waals surface area contributed by atoms with Gasteiger partial charge in [-0.2, -0.15) is 0 Å². The fraction of sp³-hybridized carbons (Fsp3) is 0.143. The highest BCUT2D eigenvalue weighted by Gasteiger charge is 2.15. The summed E-state index contributed by atoms with van der Waals surface area (Å²) in [5.41, 5.74) is -0.339. The summed E-state index contributed by atoms with van der Waals surface area (Å²) in [5, 5.41) is 0.0511. The van der Waals surface area contributed by atoms with Crippen LogP contribution in [0.4, 0.5) is 8.78 Å². The van der Waals surface area contributed by atoms with Crippen molar-refractivity contribution in [1.82, 2.24) is 0 Å². The molecule has 0 fully saturated rings. The molecule has 0 radical (unpaired) electrons. The number of alkyl halides is 2. The second kappa shape index (κ2) is 3.77. The lowest BCUT2D eigenvalue weighted by Gasteiger charge is -2.04. The normalized spacial score (nSPS) is 10.8. The molecule has 1 aromatic rings. The molecule has 0 amide bonds. The van der Waals surface area contributed by atoms with E-state index in [1.165, 1.54) is 6.07 Å². The van der Waals surface area contributed by atoms with E-state index in [4.69, 9.17) is 34.8 Å². The molecule has 0 atom stereocenters. The van der Waals surface area contributed by atoms with Crippen LogP contribution in [0.5, 0.6) is 0 Å². The molecule has 12 heavy (non-hydrogen) atoms. The van der Waals surface area contributed by atoms with Crippen LogP contribution in [0.3, 0.4) is 0 Å². The Morgan fingerprint density at radius 1 is 1.08 bits per heavy atom. The number of halogens is 5. The first kappa shape index (κ1) is 10.0. The van der Waals surface area contributed by atoms with E-state index < -0.39 is 6.43 Å². The maximum absolute atomic E-state index is 12.2. The molecule has 0 spiro atoms. The van der Waals surface area contributed by atoms with Crippen LogP contribution in [-0.2, 0) is 0 Å². The van der Waals surface area contributed by atoms with Crippen molar-refractivity contribution in [1.29, 1.82) is 0 Å². The Kier molecular flexibility index (Phi) is 3.16. The Morgan fingerprint density at radius 3 is 2.17 bits per heavy atom. The lowest BCUT2D eigenvalue weighted by Crippen LogP contribution is -1.86. The third-order valence-electron chi connectivity index (χ3n) is 1.26. The largest absolute Gasteiger partial charge is 0.265 e. The van der Waals surface area contributed by atoms with E-state index in [2.05, 4.69) is 0 Å². The zero-order valence-electron chi connectivity index (χ0n) is 5.62.